The summed E-state index contributed by atoms with van der Waals surface area (Å²) >= 11 is 0. The highest BCUT2D eigenvalue weighted by molar-refractivity contribution is 6.88. The summed E-state index contributed by atoms with van der Waals surface area (Å²) in [6.07, 6.45) is 0. The fraction of sp³-hybridized carbons (Fsp3) is 0.0755. The van der Waals surface area contributed by atoms with E-state index in [1.165, 1.54) is 38.6 Å². The predicted molar refractivity (Wildman–Crippen MR) is 239 cm³/mol. The highest BCUT2D eigenvalue weighted by atomic mass is 28.3. The van der Waals surface area contributed by atoms with Crippen molar-refractivity contribution in [1.82, 2.24) is 15.0 Å². The van der Waals surface area contributed by atoms with Gasteiger partial charge in [-0.2, -0.15) is 0 Å². The Labute approximate surface area is 335 Å². The highest BCUT2D eigenvalue weighted by Crippen LogP contribution is 2.56. The maximum atomic E-state index is 5.18. The fourth-order valence-electron chi connectivity index (χ4n) is 8.76. The maximum absolute atomic E-state index is 5.18. The van der Waals surface area contributed by atoms with E-state index in [2.05, 4.69) is 214 Å². The van der Waals surface area contributed by atoms with Crippen LogP contribution in [-0.4, -0.2) is 23.0 Å². The first-order chi connectivity index (χ1) is 27.9. The lowest BCUT2D eigenvalue weighted by Gasteiger charge is -2.34. The molecule has 1 aliphatic carbocycles. The van der Waals surface area contributed by atoms with E-state index >= 15 is 0 Å². The SMILES string of the molecule is C[Si](C)(C)c1ccc(-c2nc(-c3cccc(-c4ccc(C5(c6ccccc6)c6ccccc6-c6ccccc65)cc4)c3)nc(-c3cccc4ccccc34)n2)cc1. The van der Waals surface area contributed by atoms with E-state index in [-0.39, 0.29) is 0 Å². The molecule has 1 aromatic heterocycles. The summed E-state index contributed by atoms with van der Waals surface area (Å²) in [4.78, 5) is 15.4. The van der Waals surface area contributed by atoms with Gasteiger partial charge in [0, 0.05) is 16.7 Å². The smallest absolute Gasteiger partial charge is 0.164 e. The third-order valence-corrected chi connectivity index (χ3v) is 13.7. The topological polar surface area (TPSA) is 38.7 Å². The molecule has 3 nitrogen and oxygen atoms in total. The Morgan fingerprint density at radius 3 is 1.58 bits per heavy atom. The van der Waals surface area contributed by atoms with Gasteiger partial charge in [0.25, 0.3) is 0 Å². The van der Waals surface area contributed by atoms with Crippen LogP contribution in [0.15, 0.2) is 194 Å². The standard InChI is InChI=1S/C53H41N3Si/c1-57(2,3)43-33-29-38(30-34-43)50-54-51(56-52(55-50)47-24-14-16-37-15-7-8-21-44(37)47)40-18-13-17-39(35-40)36-27-31-42(32-28-36)53(41-19-5-4-6-20-41)48-25-11-9-22-45(48)46-23-10-12-26-49(46)53/h4-35H,1-3H3. The van der Waals surface area contributed by atoms with Crippen molar-refractivity contribution in [2.24, 2.45) is 0 Å². The molecular weight excluding hydrogens is 707 g/mol. The Morgan fingerprint density at radius 1 is 0.368 bits per heavy atom. The number of hydrogen-bond donors (Lipinski definition) is 0. The molecule has 57 heavy (non-hydrogen) atoms. The normalized spacial score (nSPS) is 13.0. The van der Waals surface area contributed by atoms with Crippen LogP contribution >= 0.6 is 0 Å². The van der Waals surface area contributed by atoms with Gasteiger partial charge in [-0.05, 0) is 61.3 Å². The molecule has 1 heterocycles. The zero-order valence-electron chi connectivity index (χ0n) is 32.3. The molecule has 0 saturated carbocycles. The monoisotopic (exact) mass is 747 g/mol. The molecule has 0 spiro atoms. The minimum absolute atomic E-state index is 0.429. The molecule has 4 heteroatoms. The van der Waals surface area contributed by atoms with Crippen molar-refractivity contribution in [2.75, 3.05) is 0 Å². The van der Waals surface area contributed by atoms with Crippen LogP contribution < -0.4 is 5.19 Å². The number of hydrogen-bond acceptors (Lipinski definition) is 3. The third kappa shape index (κ3) is 5.92. The number of aromatic nitrogens is 3. The molecule has 0 amide bonds. The first-order valence-electron chi connectivity index (χ1n) is 19.7. The summed E-state index contributed by atoms with van der Waals surface area (Å²) in [7, 11) is -1.47. The summed E-state index contributed by atoms with van der Waals surface area (Å²) in [6.45, 7) is 7.11. The van der Waals surface area contributed by atoms with E-state index in [0.717, 1.165) is 38.6 Å². The molecular formula is C53H41N3Si. The molecule has 0 unspecified atom stereocenters. The molecule has 0 aliphatic heterocycles. The third-order valence-electron chi connectivity index (χ3n) is 11.6. The minimum atomic E-state index is -1.47. The van der Waals surface area contributed by atoms with E-state index in [0.29, 0.717) is 17.5 Å². The van der Waals surface area contributed by atoms with Crippen LogP contribution in [0, 0.1) is 0 Å². The summed E-state index contributed by atoms with van der Waals surface area (Å²) in [5, 5.41) is 3.68. The summed E-state index contributed by atoms with van der Waals surface area (Å²) in [6, 6.07) is 70.1. The van der Waals surface area contributed by atoms with Gasteiger partial charge in [0.15, 0.2) is 17.5 Å². The maximum Gasteiger partial charge on any atom is 0.164 e. The number of rotatable bonds is 7. The van der Waals surface area contributed by atoms with E-state index < -0.39 is 13.5 Å². The molecule has 8 aromatic carbocycles. The Bertz CT molecular complexity index is 2880. The van der Waals surface area contributed by atoms with Gasteiger partial charge in [-0.3, -0.25) is 0 Å². The van der Waals surface area contributed by atoms with Gasteiger partial charge >= 0.3 is 0 Å². The second kappa shape index (κ2) is 13.8. The van der Waals surface area contributed by atoms with Crippen LogP contribution in [0.3, 0.4) is 0 Å². The van der Waals surface area contributed by atoms with Crippen molar-refractivity contribution >= 4 is 24.0 Å². The van der Waals surface area contributed by atoms with Crippen molar-refractivity contribution in [3.05, 3.63) is 216 Å². The summed E-state index contributed by atoms with van der Waals surface area (Å²) in [5.74, 6) is 1.99. The van der Waals surface area contributed by atoms with Crippen molar-refractivity contribution < 1.29 is 0 Å². The molecule has 0 fully saturated rings. The van der Waals surface area contributed by atoms with Gasteiger partial charge in [0.1, 0.15) is 0 Å². The van der Waals surface area contributed by atoms with E-state index in [4.69, 9.17) is 15.0 Å². The van der Waals surface area contributed by atoms with Gasteiger partial charge in [-0.15, -0.1) is 0 Å². The molecule has 9 aromatic rings. The highest BCUT2D eigenvalue weighted by Gasteiger charge is 2.45. The van der Waals surface area contributed by atoms with Crippen molar-refractivity contribution in [3.8, 4) is 56.4 Å². The lowest BCUT2D eigenvalue weighted by Crippen LogP contribution is -2.37. The molecule has 0 atom stereocenters. The molecule has 0 bridgehead atoms. The predicted octanol–water partition coefficient (Wildman–Crippen LogP) is 12.6. The van der Waals surface area contributed by atoms with Crippen LogP contribution in [-0.2, 0) is 5.41 Å². The molecule has 10 rings (SSSR count). The van der Waals surface area contributed by atoms with Crippen molar-refractivity contribution in [2.45, 2.75) is 25.1 Å². The number of benzene rings is 8. The first-order valence-corrected chi connectivity index (χ1v) is 23.2. The van der Waals surface area contributed by atoms with E-state index in [9.17, 15) is 0 Å². The Hall–Kier alpha value is -6.75. The largest absolute Gasteiger partial charge is 0.208 e. The average Bonchev–Trinajstić information content (AvgIpc) is 3.57. The number of fused-ring (bicyclic) bond motifs is 4. The first kappa shape index (κ1) is 34.7. The van der Waals surface area contributed by atoms with E-state index in [1.807, 2.05) is 0 Å². The quantitative estimate of drug-likeness (QED) is 0.152. The minimum Gasteiger partial charge on any atom is -0.208 e. The van der Waals surface area contributed by atoms with Crippen LogP contribution in [0.4, 0.5) is 0 Å². The summed E-state index contributed by atoms with van der Waals surface area (Å²) in [5.41, 5.74) is 12.4. The lowest BCUT2D eigenvalue weighted by atomic mass is 9.67. The lowest BCUT2D eigenvalue weighted by molar-refractivity contribution is 0.768. The average molecular weight is 748 g/mol. The van der Waals surface area contributed by atoms with Crippen LogP contribution in [0.25, 0.3) is 67.2 Å². The van der Waals surface area contributed by atoms with Crippen molar-refractivity contribution in [3.63, 3.8) is 0 Å². The molecule has 0 N–H and O–H groups in total. The number of nitrogens with zero attached hydrogens (tertiary/aromatic N) is 3. The fourth-order valence-corrected chi connectivity index (χ4v) is 9.92. The van der Waals surface area contributed by atoms with Gasteiger partial charge < -0.3 is 0 Å². The Balaban J connectivity index is 1.09. The van der Waals surface area contributed by atoms with Crippen LogP contribution in [0.2, 0.25) is 19.6 Å². The zero-order chi connectivity index (χ0) is 38.6. The van der Waals surface area contributed by atoms with Gasteiger partial charge in [-0.1, -0.05) is 213 Å². The van der Waals surface area contributed by atoms with Gasteiger partial charge in [-0.25, -0.2) is 15.0 Å². The van der Waals surface area contributed by atoms with Gasteiger partial charge in [0.05, 0.1) is 13.5 Å². The zero-order valence-corrected chi connectivity index (χ0v) is 33.3. The van der Waals surface area contributed by atoms with Crippen LogP contribution in [0.1, 0.15) is 22.3 Å². The molecule has 0 saturated heterocycles. The molecule has 272 valence electrons. The Kier molecular flexibility index (Phi) is 8.39. The second-order valence-corrected chi connectivity index (χ2v) is 21.1. The molecule has 0 radical (unpaired) electrons. The van der Waals surface area contributed by atoms with Gasteiger partial charge in [0.2, 0.25) is 0 Å². The Morgan fingerprint density at radius 2 is 0.877 bits per heavy atom. The van der Waals surface area contributed by atoms with Crippen molar-refractivity contribution in [1.29, 1.82) is 0 Å². The van der Waals surface area contributed by atoms with Crippen LogP contribution in [0.5, 0.6) is 0 Å². The molecule has 1 aliphatic rings. The van der Waals surface area contributed by atoms with E-state index in [1.54, 1.807) is 0 Å². The summed E-state index contributed by atoms with van der Waals surface area (Å²) < 4.78 is 0. The second-order valence-electron chi connectivity index (χ2n) is 16.0.